The van der Waals surface area contributed by atoms with E-state index in [0.717, 1.165) is 30.9 Å². The van der Waals surface area contributed by atoms with Crippen LogP contribution in [-0.4, -0.2) is 39.3 Å². The molecule has 5 rings (SSSR count). The number of rotatable bonds is 7. The van der Waals surface area contributed by atoms with Crippen LogP contribution < -0.4 is 10.1 Å². The Labute approximate surface area is 193 Å². The van der Waals surface area contributed by atoms with Gasteiger partial charge in [-0.15, -0.1) is 0 Å². The molecule has 1 amide bonds. The van der Waals surface area contributed by atoms with Crippen molar-refractivity contribution in [3.63, 3.8) is 0 Å². The van der Waals surface area contributed by atoms with E-state index in [-0.39, 0.29) is 11.9 Å². The first-order valence-electron chi connectivity index (χ1n) is 11.4. The molecule has 1 aliphatic heterocycles. The van der Waals surface area contributed by atoms with Crippen LogP contribution in [0.1, 0.15) is 41.0 Å². The van der Waals surface area contributed by atoms with Gasteiger partial charge in [0.15, 0.2) is 0 Å². The molecule has 2 aromatic heterocycles. The molecule has 1 N–H and O–H groups in total. The summed E-state index contributed by atoms with van der Waals surface area (Å²) in [5, 5.41) is 3.20. The first kappa shape index (κ1) is 21.2. The highest BCUT2D eigenvalue weighted by Gasteiger charge is 2.28. The minimum Gasteiger partial charge on any atom is -0.487 e. The van der Waals surface area contributed by atoms with Gasteiger partial charge in [0.2, 0.25) is 0 Å². The van der Waals surface area contributed by atoms with Crippen LogP contribution >= 0.6 is 0 Å². The number of fused-ring (bicyclic) bond motifs is 1. The van der Waals surface area contributed by atoms with Crippen molar-refractivity contribution in [1.29, 1.82) is 0 Å². The van der Waals surface area contributed by atoms with Gasteiger partial charge in [-0.05, 0) is 49.2 Å². The fourth-order valence-corrected chi connectivity index (χ4v) is 4.41. The average Bonchev–Trinajstić information content (AvgIpc) is 3.50. The highest BCUT2D eigenvalue weighted by Crippen LogP contribution is 2.25. The molecular weight excluding hydrogens is 412 g/mol. The molecule has 4 aromatic rings. The zero-order valence-electron chi connectivity index (χ0n) is 18.7. The number of ether oxygens (including phenoxy) is 1. The minimum absolute atomic E-state index is 0.0626. The Morgan fingerprint density at radius 2 is 1.97 bits per heavy atom. The van der Waals surface area contributed by atoms with Crippen molar-refractivity contribution in [2.45, 2.75) is 32.0 Å². The Balaban J connectivity index is 1.17. The van der Waals surface area contributed by atoms with Crippen LogP contribution in [-0.2, 0) is 6.61 Å². The van der Waals surface area contributed by atoms with Crippen molar-refractivity contribution in [3.8, 4) is 5.75 Å². The number of benzene rings is 2. The van der Waals surface area contributed by atoms with E-state index in [1.807, 2.05) is 59.3 Å². The van der Waals surface area contributed by atoms with Crippen molar-refractivity contribution in [3.05, 3.63) is 102 Å². The van der Waals surface area contributed by atoms with E-state index < -0.39 is 0 Å². The summed E-state index contributed by atoms with van der Waals surface area (Å²) >= 11 is 0. The van der Waals surface area contributed by atoms with E-state index in [9.17, 15) is 4.79 Å². The van der Waals surface area contributed by atoms with Crippen molar-refractivity contribution < 1.29 is 9.53 Å². The van der Waals surface area contributed by atoms with Crippen LogP contribution in [0.25, 0.3) is 5.65 Å². The van der Waals surface area contributed by atoms with Gasteiger partial charge in [-0.25, -0.2) is 4.98 Å². The van der Waals surface area contributed by atoms with Crippen LogP contribution in [0.3, 0.4) is 0 Å². The number of imidazole rings is 1. The van der Waals surface area contributed by atoms with Gasteiger partial charge in [-0.2, -0.15) is 0 Å². The summed E-state index contributed by atoms with van der Waals surface area (Å²) in [6.07, 6.45) is 4.86. The van der Waals surface area contributed by atoms with E-state index in [4.69, 9.17) is 4.74 Å². The molecule has 1 saturated heterocycles. The monoisotopic (exact) mass is 440 g/mol. The second kappa shape index (κ2) is 9.46. The Hall–Kier alpha value is -3.64. The molecule has 0 bridgehead atoms. The summed E-state index contributed by atoms with van der Waals surface area (Å²) in [6, 6.07) is 24.2. The molecule has 1 fully saturated rings. The highest BCUT2D eigenvalue weighted by molar-refractivity contribution is 5.94. The Morgan fingerprint density at radius 1 is 1.12 bits per heavy atom. The SMILES string of the molecule is CC(c1ccccc1)N1CCC(NC(=O)c2cccc(OCc3cn4ccccc4n3)c2)C1. The molecule has 3 heterocycles. The van der Waals surface area contributed by atoms with Crippen LogP contribution in [0, 0.1) is 0 Å². The minimum atomic E-state index is -0.0626. The maximum absolute atomic E-state index is 12.9. The summed E-state index contributed by atoms with van der Waals surface area (Å²) < 4.78 is 7.88. The van der Waals surface area contributed by atoms with E-state index in [1.54, 1.807) is 6.07 Å². The molecule has 0 spiro atoms. The molecule has 6 nitrogen and oxygen atoms in total. The zero-order chi connectivity index (χ0) is 22.6. The van der Waals surface area contributed by atoms with Crippen LogP contribution in [0.2, 0.25) is 0 Å². The lowest BCUT2D eigenvalue weighted by Crippen LogP contribution is -2.37. The number of carbonyl (C=O) groups is 1. The molecule has 0 radical (unpaired) electrons. The topological polar surface area (TPSA) is 58.9 Å². The quantitative estimate of drug-likeness (QED) is 0.460. The van der Waals surface area contributed by atoms with Gasteiger partial charge in [-0.1, -0.05) is 42.5 Å². The second-order valence-corrected chi connectivity index (χ2v) is 8.56. The lowest BCUT2D eigenvalue weighted by atomic mass is 10.1. The average molecular weight is 441 g/mol. The first-order chi connectivity index (χ1) is 16.2. The summed E-state index contributed by atoms with van der Waals surface area (Å²) in [5.41, 5.74) is 3.64. The number of amides is 1. The van der Waals surface area contributed by atoms with Crippen molar-refractivity contribution in [2.75, 3.05) is 13.1 Å². The predicted octanol–water partition coefficient (Wildman–Crippen LogP) is 4.48. The number of aromatic nitrogens is 2. The molecule has 2 unspecified atom stereocenters. The van der Waals surface area contributed by atoms with Crippen LogP contribution in [0.5, 0.6) is 5.75 Å². The molecule has 0 saturated carbocycles. The summed E-state index contributed by atoms with van der Waals surface area (Å²) in [4.78, 5) is 19.9. The van der Waals surface area contributed by atoms with Gasteiger partial charge in [0, 0.05) is 43.1 Å². The first-order valence-corrected chi connectivity index (χ1v) is 11.4. The fourth-order valence-electron chi connectivity index (χ4n) is 4.41. The largest absolute Gasteiger partial charge is 0.487 e. The smallest absolute Gasteiger partial charge is 0.251 e. The lowest BCUT2D eigenvalue weighted by Gasteiger charge is -2.24. The maximum Gasteiger partial charge on any atom is 0.251 e. The molecule has 168 valence electrons. The van der Waals surface area contributed by atoms with Gasteiger partial charge in [0.1, 0.15) is 18.0 Å². The summed E-state index contributed by atoms with van der Waals surface area (Å²) in [5.74, 6) is 0.595. The number of nitrogens with one attached hydrogen (secondary N) is 1. The fraction of sp³-hybridized carbons (Fsp3) is 0.259. The van der Waals surface area contributed by atoms with Crippen LogP contribution in [0.4, 0.5) is 0 Å². The Bertz CT molecular complexity index is 1200. The van der Waals surface area contributed by atoms with Gasteiger partial charge in [0.05, 0.1) is 5.69 Å². The molecule has 33 heavy (non-hydrogen) atoms. The van der Waals surface area contributed by atoms with E-state index in [0.29, 0.717) is 24.0 Å². The van der Waals surface area contributed by atoms with Crippen molar-refractivity contribution >= 4 is 11.6 Å². The summed E-state index contributed by atoms with van der Waals surface area (Å²) in [7, 11) is 0. The third-order valence-corrected chi connectivity index (χ3v) is 6.28. The molecule has 2 aromatic carbocycles. The molecular formula is C27H28N4O2. The lowest BCUT2D eigenvalue weighted by molar-refractivity contribution is 0.0936. The third-order valence-electron chi connectivity index (χ3n) is 6.28. The maximum atomic E-state index is 12.9. The Morgan fingerprint density at radius 3 is 2.82 bits per heavy atom. The molecule has 6 heteroatoms. The van der Waals surface area contributed by atoms with Crippen molar-refractivity contribution in [2.24, 2.45) is 0 Å². The molecule has 1 aliphatic rings. The van der Waals surface area contributed by atoms with E-state index in [2.05, 4.69) is 46.4 Å². The number of pyridine rings is 1. The number of likely N-dealkylation sites (tertiary alicyclic amines) is 1. The van der Waals surface area contributed by atoms with Crippen molar-refractivity contribution in [1.82, 2.24) is 19.6 Å². The number of carbonyl (C=O) groups excluding carboxylic acids is 1. The Kier molecular flexibility index (Phi) is 6.09. The molecule has 2 atom stereocenters. The second-order valence-electron chi connectivity index (χ2n) is 8.56. The van der Waals surface area contributed by atoms with E-state index in [1.165, 1.54) is 5.56 Å². The summed E-state index contributed by atoms with van der Waals surface area (Å²) in [6.45, 7) is 4.40. The zero-order valence-corrected chi connectivity index (χ0v) is 18.7. The number of hydrogen-bond donors (Lipinski definition) is 1. The van der Waals surface area contributed by atoms with Gasteiger partial charge in [0.25, 0.3) is 5.91 Å². The van der Waals surface area contributed by atoms with E-state index >= 15 is 0 Å². The third kappa shape index (κ3) is 4.91. The molecule has 0 aliphatic carbocycles. The van der Waals surface area contributed by atoms with Gasteiger partial charge in [-0.3, -0.25) is 9.69 Å². The standard InChI is InChI=1S/C27H28N4O2/c1-20(21-8-3-2-4-9-21)30-15-13-23(17-30)29-27(32)22-10-7-11-25(16-22)33-19-24-18-31-14-6-5-12-26(31)28-24/h2-12,14,16,18,20,23H,13,15,17,19H2,1H3,(H,29,32). The normalized spacial score (nSPS) is 17.2. The van der Waals surface area contributed by atoms with Gasteiger partial charge < -0.3 is 14.5 Å². The highest BCUT2D eigenvalue weighted by atomic mass is 16.5. The predicted molar refractivity (Wildman–Crippen MR) is 128 cm³/mol. The number of hydrogen-bond acceptors (Lipinski definition) is 4. The number of nitrogens with zero attached hydrogens (tertiary/aromatic N) is 3. The van der Waals surface area contributed by atoms with Crippen LogP contribution in [0.15, 0.2) is 85.2 Å². The van der Waals surface area contributed by atoms with Gasteiger partial charge >= 0.3 is 0 Å².